The lowest BCUT2D eigenvalue weighted by atomic mass is 10.2. The first-order valence-electron chi connectivity index (χ1n) is 6.15. The van der Waals surface area contributed by atoms with Crippen molar-refractivity contribution in [3.63, 3.8) is 0 Å². The molecule has 20 heavy (non-hydrogen) atoms. The van der Waals surface area contributed by atoms with Crippen LogP contribution in [0.5, 0.6) is 0 Å². The molecule has 0 unspecified atom stereocenters. The Kier molecular flexibility index (Phi) is 5.18. The molecule has 0 saturated carbocycles. The molecule has 1 saturated heterocycles. The van der Waals surface area contributed by atoms with E-state index in [0.29, 0.717) is 36.6 Å². The number of hydrogen-bond donors (Lipinski definition) is 1. The van der Waals surface area contributed by atoms with Gasteiger partial charge in [0.1, 0.15) is 0 Å². The number of piperazine rings is 1. The van der Waals surface area contributed by atoms with E-state index < -0.39 is 4.84 Å². The Labute approximate surface area is 133 Å². The smallest absolute Gasteiger partial charge is 0.255 e. The Bertz CT molecular complexity index is 517. The first kappa shape index (κ1) is 15.5. The standard InChI is InChI=1S/C13H14Cl2N2O2S/c14-11(15)13(19)17-7-5-16(6-8-17)12(18)9-3-1-2-4-10(9)20/h1-4,11,20H,5-8H2. The van der Waals surface area contributed by atoms with Crippen LogP contribution in [0.4, 0.5) is 0 Å². The minimum Gasteiger partial charge on any atom is -0.337 e. The molecule has 2 rings (SSSR count). The third-order valence-electron chi connectivity index (χ3n) is 3.20. The predicted octanol–water partition coefficient (Wildman–Crippen LogP) is 2.06. The molecule has 1 aliphatic heterocycles. The van der Waals surface area contributed by atoms with Gasteiger partial charge in [0.05, 0.1) is 5.56 Å². The summed E-state index contributed by atoms with van der Waals surface area (Å²) in [6.07, 6.45) is 0. The first-order chi connectivity index (χ1) is 9.50. The molecule has 2 amide bonds. The predicted molar refractivity (Wildman–Crippen MR) is 81.7 cm³/mol. The molecule has 0 N–H and O–H groups in total. The molecule has 0 bridgehead atoms. The van der Waals surface area contributed by atoms with Gasteiger partial charge in [-0.3, -0.25) is 9.59 Å². The summed E-state index contributed by atoms with van der Waals surface area (Å²) in [5.74, 6) is -0.383. The van der Waals surface area contributed by atoms with Crippen LogP contribution in [-0.4, -0.2) is 52.6 Å². The van der Waals surface area contributed by atoms with Crippen LogP contribution in [0.2, 0.25) is 0 Å². The van der Waals surface area contributed by atoms with Gasteiger partial charge in [0.25, 0.3) is 11.8 Å². The highest BCUT2D eigenvalue weighted by Crippen LogP contribution is 2.17. The van der Waals surface area contributed by atoms with Gasteiger partial charge in [0.15, 0.2) is 4.84 Å². The highest BCUT2D eigenvalue weighted by atomic mass is 35.5. The Morgan fingerprint density at radius 2 is 1.60 bits per heavy atom. The zero-order valence-corrected chi connectivity index (χ0v) is 13.0. The molecule has 0 spiro atoms. The fraction of sp³-hybridized carbons (Fsp3) is 0.385. The van der Waals surface area contributed by atoms with Crippen molar-refractivity contribution in [2.75, 3.05) is 26.2 Å². The minimum atomic E-state index is -1.05. The second kappa shape index (κ2) is 6.70. The molecule has 1 fully saturated rings. The second-order valence-corrected chi connectivity index (χ2v) is 6.01. The quantitative estimate of drug-likeness (QED) is 0.665. The van der Waals surface area contributed by atoms with Crippen molar-refractivity contribution in [1.82, 2.24) is 9.80 Å². The molecule has 1 heterocycles. The van der Waals surface area contributed by atoms with Gasteiger partial charge in [0.2, 0.25) is 0 Å². The fourth-order valence-electron chi connectivity index (χ4n) is 2.09. The SMILES string of the molecule is O=C(c1ccccc1S)N1CCN(C(=O)C(Cl)Cl)CC1. The summed E-state index contributed by atoms with van der Waals surface area (Å²) < 4.78 is 0. The zero-order chi connectivity index (χ0) is 14.7. The zero-order valence-electron chi connectivity index (χ0n) is 10.6. The summed E-state index contributed by atoms with van der Waals surface area (Å²) in [6.45, 7) is 1.81. The van der Waals surface area contributed by atoms with E-state index in [4.69, 9.17) is 23.2 Å². The Morgan fingerprint density at radius 3 is 2.15 bits per heavy atom. The van der Waals surface area contributed by atoms with E-state index in [0.717, 1.165) is 0 Å². The van der Waals surface area contributed by atoms with Crippen molar-refractivity contribution in [1.29, 1.82) is 0 Å². The van der Waals surface area contributed by atoms with Gasteiger partial charge in [0, 0.05) is 31.1 Å². The Morgan fingerprint density at radius 1 is 1.05 bits per heavy atom. The number of carbonyl (C=O) groups excluding carboxylic acids is 2. The average molecular weight is 333 g/mol. The third-order valence-corrected chi connectivity index (χ3v) is 3.96. The lowest BCUT2D eigenvalue weighted by Gasteiger charge is -2.35. The van der Waals surface area contributed by atoms with Gasteiger partial charge in [-0.25, -0.2) is 0 Å². The second-order valence-electron chi connectivity index (χ2n) is 4.44. The Balaban J connectivity index is 1.99. The van der Waals surface area contributed by atoms with E-state index in [1.807, 2.05) is 6.07 Å². The first-order valence-corrected chi connectivity index (χ1v) is 7.47. The van der Waals surface area contributed by atoms with Crippen molar-refractivity contribution in [3.8, 4) is 0 Å². The van der Waals surface area contributed by atoms with Crippen LogP contribution < -0.4 is 0 Å². The maximum Gasteiger partial charge on any atom is 0.255 e. The van der Waals surface area contributed by atoms with E-state index in [1.54, 1.807) is 28.0 Å². The molecule has 108 valence electrons. The molecule has 4 nitrogen and oxygen atoms in total. The van der Waals surface area contributed by atoms with Gasteiger partial charge in [-0.05, 0) is 12.1 Å². The van der Waals surface area contributed by atoms with Crippen molar-refractivity contribution in [3.05, 3.63) is 29.8 Å². The van der Waals surface area contributed by atoms with Gasteiger partial charge in [-0.1, -0.05) is 35.3 Å². The number of amides is 2. The van der Waals surface area contributed by atoms with Gasteiger partial charge in [-0.15, -0.1) is 12.6 Å². The van der Waals surface area contributed by atoms with Crippen molar-refractivity contribution in [2.24, 2.45) is 0 Å². The number of carbonyl (C=O) groups is 2. The summed E-state index contributed by atoms with van der Waals surface area (Å²) in [5.41, 5.74) is 0.572. The molecule has 0 aromatic heterocycles. The highest BCUT2D eigenvalue weighted by molar-refractivity contribution is 7.80. The summed E-state index contributed by atoms with van der Waals surface area (Å²) in [7, 11) is 0. The largest absolute Gasteiger partial charge is 0.337 e. The van der Waals surface area contributed by atoms with Gasteiger partial charge in [-0.2, -0.15) is 0 Å². The molecule has 0 radical (unpaired) electrons. The normalized spacial score (nSPS) is 15.6. The number of hydrogen-bond acceptors (Lipinski definition) is 3. The van der Waals surface area contributed by atoms with E-state index >= 15 is 0 Å². The minimum absolute atomic E-state index is 0.0732. The van der Waals surface area contributed by atoms with Crippen LogP contribution in [0.1, 0.15) is 10.4 Å². The number of thiol groups is 1. The number of benzene rings is 1. The summed E-state index contributed by atoms with van der Waals surface area (Å²) in [4.78, 5) is 26.9. The van der Waals surface area contributed by atoms with E-state index in [-0.39, 0.29) is 11.8 Å². The molecule has 1 aromatic rings. The molecule has 0 atom stereocenters. The molecular formula is C13H14Cl2N2O2S. The van der Waals surface area contributed by atoms with Crippen LogP contribution in [0.25, 0.3) is 0 Å². The number of rotatable bonds is 2. The molecule has 1 aliphatic rings. The van der Waals surface area contributed by atoms with Crippen LogP contribution >= 0.6 is 35.8 Å². The lowest BCUT2D eigenvalue weighted by molar-refractivity contribution is -0.130. The number of halogens is 2. The van der Waals surface area contributed by atoms with Crippen molar-refractivity contribution >= 4 is 47.6 Å². The highest BCUT2D eigenvalue weighted by Gasteiger charge is 2.27. The fourth-order valence-corrected chi connectivity index (χ4v) is 2.63. The average Bonchev–Trinajstić information content (AvgIpc) is 2.46. The maximum absolute atomic E-state index is 12.4. The lowest BCUT2D eigenvalue weighted by Crippen LogP contribution is -2.51. The number of nitrogens with zero attached hydrogens (tertiary/aromatic N) is 2. The molecular weight excluding hydrogens is 319 g/mol. The Hall–Kier alpha value is -0.910. The number of alkyl halides is 2. The summed E-state index contributed by atoms with van der Waals surface area (Å²) in [5, 5.41) is 0. The molecule has 1 aromatic carbocycles. The maximum atomic E-state index is 12.4. The monoisotopic (exact) mass is 332 g/mol. The van der Waals surface area contributed by atoms with E-state index in [1.165, 1.54) is 0 Å². The summed E-state index contributed by atoms with van der Waals surface area (Å²) in [6, 6.07) is 7.16. The van der Waals surface area contributed by atoms with Crippen LogP contribution in [0.3, 0.4) is 0 Å². The topological polar surface area (TPSA) is 40.6 Å². The van der Waals surface area contributed by atoms with E-state index in [9.17, 15) is 9.59 Å². The van der Waals surface area contributed by atoms with E-state index in [2.05, 4.69) is 12.6 Å². The van der Waals surface area contributed by atoms with Crippen LogP contribution in [-0.2, 0) is 4.79 Å². The van der Waals surface area contributed by atoms with Crippen molar-refractivity contribution < 1.29 is 9.59 Å². The van der Waals surface area contributed by atoms with Crippen LogP contribution in [0.15, 0.2) is 29.2 Å². The summed E-state index contributed by atoms with van der Waals surface area (Å²) >= 11 is 15.4. The van der Waals surface area contributed by atoms with Crippen molar-refractivity contribution in [2.45, 2.75) is 9.73 Å². The van der Waals surface area contributed by atoms with Crippen LogP contribution in [0, 0.1) is 0 Å². The van der Waals surface area contributed by atoms with Gasteiger partial charge >= 0.3 is 0 Å². The molecule has 0 aliphatic carbocycles. The molecule has 7 heteroatoms. The van der Waals surface area contributed by atoms with Gasteiger partial charge < -0.3 is 9.80 Å². The third kappa shape index (κ3) is 3.40.